The minimum absolute atomic E-state index is 0.290. The van der Waals surface area contributed by atoms with Gasteiger partial charge in [-0.2, -0.15) is 0 Å². The maximum atomic E-state index is 11.3. The summed E-state index contributed by atoms with van der Waals surface area (Å²) in [5.41, 5.74) is -0.0215. The molecule has 0 atom stereocenters. The van der Waals surface area contributed by atoms with E-state index in [4.69, 9.17) is 0 Å². The average molecular weight is 210 g/mol. The molecule has 0 rings (SSSR count). The highest BCUT2D eigenvalue weighted by Gasteiger charge is 2.22. The molecule has 0 saturated carbocycles. The van der Waals surface area contributed by atoms with Gasteiger partial charge in [0.2, 0.25) is 11.8 Å². The van der Waals surface area contributed by atoms with Crippen molar-refractivity contribution in [3.8, 4) is 0 Å². The molecule has 0 aromatic rings. The average Bonchev–Trinajstić information content (AvgIpc) is 2.01. The lowest BCUT2D eigenvalue weighted by Crippen LogP contribution is -2.56. The normalized spacial score (nSPS) is 10.4. The maximum absolute atomic E-state index is 11.3. The molecule has 0 aliphatic heterocycles. The Morgan fingerprint density at radius 3 is 1.40 bits per heavy atom. The fourth-order valence-corrected chi connectivity index (χ4v) is 0.812. The van der Waals surface area contributed by atoms with E-state index in [-0.39, 0.29) is 11.8 Å². The number of hydrogen-bond acceptors (Lipinski definition) is 2. The first-order valence-corrected chi connectivity index (χ1v) is 4.62. The number of rotatable bonds is 4. The van der Waals surface area contributed by atoms with Crippen molar-refractivity contribution in [3.63, 3.8) is 0 Å². The van der Waals surface area contributed by atoms with E-state index in [0.29, 0.717) is 11.1 Å². The lowest BCUT2D eigenvalue weighted by atomic mass is 10.2. The van der Waals surface area contributed by atoms with Crippen molar-refractivity contribution < 1.29 is 9.59 Å². The van der Waals surface area contributed by atoms with Gasteiger partial charge in [0.25, 0.3) is 0 Å². The molecule has 0 saturated heterocycles. The lowest BCUT2D eigenvalue weighted by Gasteiger charge is -2.27. The van der Waals surface area contributed by atoms with Gasteiger partial charge in [-0.3, -0.25) is 9.59 Å². The SMILES string of the molecule is C=C(C)C(=O)NC(C)(C)NC(=O)C(=C)C. The summed E-state index contributed by atoms with van der Waals surface area (Å²) in [5, 5.41) is 5.26. The Kier molecular flexibility index (Phi) is 4.27. The molecule has 2 amide bonds. The Hall–Kier alpha value is -1.58. The quantitative estimate of drug-likeness (QED) is 0.539. The van der Waals surface area contributed by atoms with E-state index in [2.05, 4.69) is 23.8 Å². The van der Waals surface area contributed by atoms with Crippen molar-refractivity contribution in [2.75, 3.05) is 0 Å². The van der Waals surface area contributed by atoms with Crippen LogP contribution in [-0.4, -0.2) is 17.5 Å². The fraction of sp³-hybridized carbons (Fsp3) is 0.455. The molecule has 4 nitrogen and oxygen atoms in total. The molecule has 0 aliphatic rings. The molecule has 0 spiro atoms. The molecule has 0 bridgehead atoms. The first-order chi connectivity index (χ1) is 6.65. The largest absolute Gasteiger partial charge is 0.330 e. The summed E-state index contributed by atoms with van der Waals surface area (Å²) in [7, 11) is 0. The summed E-state index contributed by atoms with van der Waals surface area (Å²) in [5.74, 6) is -0.580. The van der Waals surface area contributed by atoms with Crippen LogP contribution >= 0.6 is 0 Å². The van der Waals surface area contributed by atoms with Gasteiger partial charge >= 0.3 is 0 Å². The predicted molar refractivity (Wildman–Crippen MR) is 60.0 cm³/mol. The van der Waals surface area contributed by atoms with Crippen LogP contribution in [0.3, 0.4) is 0 Å². The minimum atomic E-state index is -0.813. The van der Waals surface area contributed by atoms with Gasteiger partial charge in [0.15, 0.2) is 0 Å². The zero-order valence-electron chi connectivity index (χ0n) is 9.73. The third kappa shape index (κ3) is 5.00. The molecule has 0 radical (unpaired) electrons. The second-order valence-corrected chi connectivity index (χ2v) is 4.09. The van der Waals surface area contributed by atoms with E-state index in [1.54, 1.807) is 27.7 Å². The second kappa shape index (κ2) is 4.77. The number of carbonyl (C=O) groups excluding carboxylic acids is 2. The standard InChI is InChI=1S/C11H18N2O2/c1-7(2)9(14)12-11(5,6)13-10(15)8(3)4/h1,3H2,2,4-6H3,(H,12,14)(H,13,15). The Bertz CT molecular complexity index is 287. The molecule has 2 N–H and O–H groups in total. The maximum Gasteiger partial charge on any atom is 0.248 e. The van der Waals surface area contributed by atoms with Crippen molar-refractivity contribution in [3.05, 3.63) is 24.3 Å². The van der Waals surface area contributed by atoms with Gasteiger partial charge in [0, 0.05) is 11.1 Å². The summed E-state index contributed by atoms with van der Waals surface area (Å²) >= 11 is 0. The lowest BCUT2D eigenvalue weighted by molar-refractivity contribution is -0.122. The van der Waals surface area contributed by atoms with Gasteiger partial charge in [-0.1, -0.05) is 13.2 Å². The van der Waals surface area contributed by atoms with E-state index in [9.17, 15) is 9.59 Å². The molecule has 4 heteroatoms. The third-order valence-corrected chi connectivity index (χ3v) is 1.63. The van der Waals surface area contributed by atoms with E-state index < -0.39 is 5.66 Å². The van der Waals surface area contributed by atoms with Crippen LogP contribution in [0.15, 0.2) is 24.3 Å². The van der Waals surface area contributed by atoms with Gasteiger partial charge in [-0.15, -0.1) is 0 Å². The van der Waals surface area contributed by atoms with Gasteiger partial charge in [0.1, 0.15) is 5.66 Å². The van der Waals surface area contributed by atoms with E-state index in [1.807, 2.05) is 0 Å². The molecule has 0 aromatic carbocycles. The fourth-order valence-electron chi connectivity index (χ4n) is 0.812. The Labute approximate surface area is 90.4 Å². The number of nitrogens with one attached hydrogen (secondary N) is 2. The first kappa shape index (κ1) is 13.4. The highest BCUT2D eigenvalue weighted by atomic mass is 16.2. The minimum Gasteiger partial charge on any atom is -0.330 e. The molecule has 0 fully saturated rings. The highest BCUT2D eigenvalue weighted by molar-refractivity contribution is 5.95. The molecular weight excluding hydrogens is 192 g/mol. The summed E-state index contributed by atoms with van der Waals surface area (Å²) in [6, 6.07) is 0. The predicted octanol–water partition coefficient (Wildman–Crippen LogP) is 1.11. The van der Waals surface area contributed by atoms with Crippen molar-refractivity contribution in [1.82, 2.24) is 10.6 Å². The van der Waals surface area contributed by atoms with E-state index >= 15 is 0 Å². The van der Waals surface area contributed by atoms with Gasteiger partial charge in [-0.25, -0.2) is 0 Å². The molecular formula is C11H18N2O2. The Morgan fingerprint density at radius 1 is 0.933 bits per heavy atom. The van der Waals surface area contributed by atoms with Crippen LogP contribution in [0.4, 0.5) is 0 Å². The topological polar surface area (TPSA) is 58.2 Å². The third-order valence-electron chi connectivity index (χ3n) is 1.63. The van der Waals surface area contributed by atoms with E-state index in [1.165, 1.54) is 0 Å². The van der Waals surface area contributed by atoms with Crippen LogP contribution in [0.5, 0.6) is 0 Å². The second-order valence-electron chi connectivity index (χ2n) is 4.09. The molecule has 15 heavy (non-hydrogen) atoms. The smallest absolute Gasteiger partial charge is 0.248 e. The van der Waals surface area contributed by atoms with Crippen LogP contribution < -0.4 is 10.6 Å². The summed E-state index contributed by atoms with van der Waals surface area (Å²) in [6.45, 7) is 13.6. The summed E-state index contributed by atoms with van der Waals surface area (Å²) in [6.07, 6.45) is 0. The molecule has 0 unspecified atom stereocenters. The highest BCUT2D eigenvalue weighted by Crippen LogP contribution is 2.01. The number of amides is 2. The van der Waals surface area contributed by atoms with Gasteiger partial charge in [0.05, 0.1) is 0 Å². The van der Waals surface area contributed by atoms with Crippen molar-refractivity contribution in [2.45, 2.75) is 33.4 Å². The zero-order valence-corrected chi connectivity index (χ0v) is 9.73. The van der Waals surface area contributed by atoms with Crippen LogP contribution in [0, 0.1) is 0 Å². The van der Waals surface area contributed by atoms with Crippen molar-refractivity contribution in [1.29, 1.82) is 0 Å². The summed E-state index contributed by atoms with van der Waals surface area (Å²) in [4.78, 5) is 22.7. The zero-order chi connectivity index (χ0) is 12.2. The molecule has 0 aromatic heterocycles. The molecule has 0 heterocycles. The van der Waals surface area contributed by atoms with Crippen molar-refractivity contribution >= 4 is 11.8 Å². The van der Waals surface area contributed by atoms with Crippen LogP contribution in [0.2, 0.25) is 0 Å². The first-order valence-electron chi connectivity index (χ1n) is 4.62. The van der Waals surface area contributed by atoms with Crippen LogP contribution in [-0.2, 0) is 9.59 Å². The Balaban J connectivity index is 4.43. The number of hydrogen-bond donors (Lipinski definition) is 2. The summed E-state index contributed by atoms with van der Waals surface area (Å²) < 4.78 is 0. The van der Waals surface area contributed by atoms with Gasteiger partial charge in [-0.05, 0) is 27.7 Å². The van der Waals surface area contributed by atoms with Crippen LogP contribution in [0.25, 0.3) is 0 Å². The monoisotopic (exact) mass is 210 g/mol. The number of carbonyl (C=O) groups is 2. The molecule has 84 valence electrons. The van der Waals surface area contributed by atoms with Crippen LogP contribution in [0.1, 0.15) is 27.7 Å². The van der Waals surface area contributed by atoms with Crippen molar-refractivity contribution in [2.24, 2.45) is 0 Å². The van der Waals surface area contributed by atoms with E-state index in [0.717, 1.165) is 0 Å². The Morgan fingerprint density at radius 2 is 1.20 bits per heavy atom. The molecule has 0 aliphatic carbocycles. The van der Waals surface area contributed by atoms with Gasteiger partial charge < -0.3 is 10.6 Å².